The molecule has 0 saturated heterocycles. The van der Waals surface area contributed by atoms with E-state index in [2.05, 4.69) is 10.0 Å². The van der Waals surface area contributed by atoms with Gasteiger partial charge in [-0.1, -0.05) is 18.2 Å². The van der Waals surface area contributed by atoms with Crippen molar-refractivity contribution < 1.29 is 22.7 Å². The van der Waals surface area contributed by atoms with Crippen LogP contribution in [0, 0.1) is 0 Å². The number of carbonyl (C=O) groups is 1. The monoisotopic (exact) mass is 414 g/mol. The van der Waals surface area contributed by atoms with E-state index in [-0.39, 0.29) is 17.3 Å². The Kier molecular flexibility index (Phi) is 6.05. The third kappa shape index (κ3) is 4.85. The Morgan fingerprint density at radius 3 is 2.34 bits per heavy atom. The number of nitrogens with one attached hydrogen (secondary N) is 2. The van der Waals surface area contributed by atoms with Gasteiger partial charge in [-0.05, 0) is 52.7 Å². The summed E-state index contributed by atoms with van der Waals surface area (Å²) in [7, 11) is -0.724. The molecule has 0 spiro atoms. The van der Waals surface area contributed by atoms with Gasteiger partial charge in [0.05, 0.1) is 24.8 Å². The standard InChI is InChI=1S/C21H22N2O5S/c1-14(24)23-20-12-19(8-9-21(20)28-3)29(25,26)22-13-15-4-5-17-11-18(27-2)7-6-16(17)10-15/h4-12,22H,13H2,1-3H3,(H,23,24). The van der Waals surface area contributed by atoms with Crippen LogP contribution in [0.4, 0.5) is 5.69 Å². The predicted octanol–water partition coefficient (Wildman–Crippen LogP) is 3.29. The summed E-state index contributed by atoms with van der Waals surface area (Å²) in [4.78, 5) is 11.4. The number of anilines is 1. The van der Waals surface area contributed by atoms with Gasteiger partial charge in [-0.2, -0.15) is 0 Å². The van der Waals surface area contributed by atoms with Crippen LogP contribution in [0.5, 0.6) is 11.5 Å². The van der Waals surface area contributed by atoms with E-state index in [4.69, 9.17) is 9.47 Å². The maximum atomic E-state index is 12.7. The molecule has 0 heterocycles. The molecule has 152 valence electrons. The summed E-state index contributed by atoms with van der Waals surface area (Å²) in [5, 5.41) is 4.57. The van der Waals surface area contributed by atoms with Gasteiger partial charge in [0.2, 0.25) is 15.9 Å². The molecule has 0 radical (unpaired) electrons. The first-order valence-corrected chi connectivity index (χ1v) is 10.3. The fraction of sp³-hybridized carbons (Fsp3) is 0.190. The Hall–Kier alpha value is -3.10. The lowest BCUT2D eigenvalue weighted by atomic mass is 10.1. The van der Waals surface area contributed by atoms with Crippen molar-refractivity contribution in [2.24, 2.45) is 0 Å². The van der Waals surface area contributed by atoms with Crippen molar-refractivity contribution in [2.75, 3.05) is 19.5 Å². The quantitative estimate of drug-likeness (QED) is 0.619. The SMILES string of the molecule is COc1ccc2cc(CNS(=O)(=O)c3ccc(OC)c(NC(C)=O)c3)ccc2c1. The molecule has 7 nitrogen and oxygen atoms in total. The first-order chi connectivity index (χ1) is 13.8. The van der Waals surface area contributed by atoms with Crippen LogP contribution in [0.15, 0.2) is 59.5 Å². The van der Waals surface area contributed by atoms with E-state index >= 15 is 0 Å². The highest BCUT2D eigenvalue weighted by molar-refractivity contribution is 7.89. The van der Waals surface area contributed by atoms with Crippen molar-refractivity contribution in [1.82, 2.24) is 4.72 Å². The zero-order valence-corrected chi connectivity index (χ0v) is 17.2. The fourth-order valence-corrected chi connectivity index (χ4v) is 3.96. The Morgan fingerprint density at radius 1 is 0.931 bits per heavy atom. The molecule has 0 bridgehead atoms. The molecule has 0 fully saturated rings. The van der Waals surface area contributed by atoms with Crippen molar-refractivity contribution in [2.45, 2.75) is 18.4 Å². The molecular weight excluding hydrogens is 392 g/mol. The Balaban J connectivity index is 1.80. The second-order valence-corrected chi connectivity index (χ2v) is 8.18. The molecular formula is C21H22N2O5S. The highest BCUT2D eigenvalue weighted by atomic mass is 32.2. The lowest BCUT2D eigenvalue weighted by molar-refractivity contribution is -0.114. The molecule has 3 rings (SSSR count). The molecule has 0 saturated carbocycles. The van der Waals surface area contributed by atoms with E-state index in [1.807, 2.05) is 36.4 Å². The minimum atomic E-state index is -3.78. The summed E-state index contributed by atoms with van der Waals surface area (Å²) in [5.74, 6) is 0.822. The van der Waals surface area contributed by atoms with E-state index in [1.54, 1.807) is 7.11 Å². The number of hydrogen-bond acceptors (Lipinski definition) is 5. The number of ether oxygens (including phenoxy) is 2. The van der Waals surface area contributed by atoms with Crippen molar-refractivity contribution in [3.05, 3.63) is 60.2 Å². The molecule has 29 heavy (non-hydrogen) atoms. The first-order valence-electron chi connectivity index (χ1n) is 8.84. The summed E-state index contributed by atoms with van der Waals surface area (Å²) < 4.78 is 38.4. The van der Waals surface area contributed by atoms with Gasteiger partial charge in [-0.3, -0.25) is 4.79 Å². The van der Waals surface area contributed by atoms with E-state index in [9.17, 15) is 13.2 Å². The van der Waals surface area contributed by atoms with Gasteiger partial charge in [0, 0.05) is 13.5 Å². The number of fused-ring (bicyclic) bond motifs is 1. The Morgan fingerprint density at radius 2 is 1.66 bits per heavy atom. The summed E-state index contributed by atoms with van der Waals surface area (Å²) in [6, 6.07) is 15.7. The smallest absolute Gasteiger partial charge is 0.240 e. The molecule has 2 N–H and O–H groups in total. The van der Waals surface area contributed by atoms with Crippen LogP contribution in [0.2, 0.25) is 0 Å². The highest BCUT2D eigenvalue weighted by Gasteiger charge is 2.17. The number of sulfonamides is 1. The van der Waals surface area contributed by atoms with E-state index in [0.29, 0.717) is 11.4 Å². The number of carbonyl (C=O) groups excluding carboxylic acids is 1. The van der Waals surface area contributed by atoms with Crippen molar-refractivity contribution in [3.8, 4) is 11.5 Å². The van der Waals surface area contributed by atoms with Gasteiger partial charge < -0.3 is 14.8 Å². The third-order valence-corrected chi connectivity index (χ3v) is 5.77. The van der Waals surface area contributed by atoms with E-state index < -0.39 is 10.0 Å². The lowest BCUT2D eigenvalue weighted by Crippen LogP contribution is -2.23. The molecule has 0 aliphatic rings. The fourth-order valence-electron chi connectivity index (χ4n) is 2.91. The molecule has 0 aliphatic carbocycles. The molecule has 8 heteroatoms. The minimum absolute atomic E-state index is 0.0348. The Bertz CT molecular complexity index is 1160. The van der Waals surface area contributed by atoms with Crippen LogP contribution < -0.4 is 19.5 Å². The van der Waals surface area contributed by atoms with Gasteiger partial charge in [-0.25, -0.2) is 13.1 Å². The largest absolute Gasteiger partial charge is 0.497 e. The number of rotatable bonds is 7. The van der Waals surface area contributed by atoms with Gasteiger partial charge in [-0.15, -0.1) is 0 Å². The van der Waals surface area contributed by atoms with Crippen molar-refractivity contribution >= 4 is 32.4 Å². The van der Waals surface area contributed by atoms with Gasteiger partial charge in [0.15, 0.2) is 0 Å². The van der Waals surface area contributed by atoms with Crippen LogP contribution in [-0.4, -0.2) is 28.5 Å². The topological polar surface area (TPSA) is 93.7 Å². The molecule has 0 unspecified atom stereocenters. The molecule has 3 aromatic carbocycles. The van der Waals surface area contributed by atoms with Crippen LogP contribution in [0.1, 0.15) is 12.5 Å². The van der Waals surface area contributed by atoms with Gasteiger partial charge in [0.1, 0.15) is 11.5 Å². The molecule has 1 amide bonds. The maximum Gasteiger partial charge on any atom is 0.240 e. The number of benzene rings is 3. The zero-order valence-electron chi connectivity index (χ0n) is 16.4. The summed E-state index contributed by atoms with van der Waals surface area (Å²) in [5.41, 5.74) is 1.12. The minimum Gasteiger partial charge on any atom is -0.497 e. The normalized spacial score (nSPS) is 11.3. The van der Waals surface area contributed by atoms with Crippen LogP contribution >= 0.6 is 0 Å². The average Bonchev–Trinajstić information content (AvgIpc) is 2.71. The maximum absolute atomic E-state index is 12.7. The summed E-state index contributed by atoms with van der Waals surface area (Å²) in [6.45, 7) is 1.47. The second kappa shape index (κ2) is 8.50. The number of amides is 1. The number of hydrogen-bond donors (Lipinski definition) is 2. The highest BCUT2D eigenvalue weighted by Crippen LogP contribution is 2.28. The van der Waals surface area contributed by atoms with Crippen molar-refractivity contribution in [3.63, 3.8) is 0 Å². The zero-order chi connectivity index (χ0) is 21.0. The van der Waals surface area contributed by atoms with Gasteiger partial charge in [0.25, 0.3) is 0 Å². The molecule has 0 aromatic heterocycles. The molecule has 0 atom stereocenters. The molecule has 0 aliphatic heterocycles. The van der Waals surface area contributed by atoms with Crippen LogP contribution in [0.25, 0.3) is 10.8 Å². The summed E-state index contributed by atoms with van der Waals surface area (Å²) >= 11 is 0. The van der Waals surface area contributed by atoms with Crippen LogP contribution in [0.3, 0.4) is 0 Å². The van der Waals surface area contributed by atoms with Crippen LogP contribution in [-0.2, 0) is 21.4 Å². The van der Waals surface area contributed by atoms with E-state index in [0.717, 1.165) is 22.1 Å². The third-order valence-electron chi connectivity index (χ3n) is 4.37. The Labute approximate surface area is 169 Å². The molecule has 3 aromatic rings. The van der Waals surface area contributed by atoms with Gasteiger partial charge >= 0.3 is 0 Å². The second-order valence-electron chi connectivity index (χ2n) is 6.42. The predicted molar refractivity (Wildman–Crippen MR) is 112 cm³/mol. The van der Waals surface area contributed by atoms with E-state index in [1.165, 1.54) is 32.2 Å². The average molecular weight is 414 g/mol. The summed E-state index contributed by atoms with van der Waals surface area (Å²) in [6.07, 6.45) is 0. The lowest BCUT2D eigenvalue weighted by Gasteiger charge is -2.12. The van der Waals surface area contributed by atoms with Crippen molar-refractivity contribution in [1.29, 1.82) is 0 Å². The number of methoxy groups -OCH3 is 2. The first kappa shape index (κ1) is 20.6.